The lowest BCUT2D eigenvalue weighted by atomic mass is 10.1. The van der Waals surface area contributed by atoms with E-state index in [2.05, 4.69) is 10.3 Å². The van der Waals surface area contributed by atoms with Gasteiger partial charge in [-0.3, -0.25) is 14.1 Å². The molecule has 0 aliphatic carbocycles. The summed E-state index contributed by atoms with van der Waals surface area (Å²) in [6, 6.07) is 9.03. The molecule has 2 aromatic carbocycles. The van der Waals surface area contributed by atoms with E-state index in [9.17, 15) is 39.6 Å². The molecule has 3 rings (SSSR count). The summed E-state index contributed by atoms with van der Waals surface area (Å²) in [5.41, 5.74) is -4.65. The van der Waals surface area contributed by atoms with E-state index in [0.717, 1.165) is 19.2 Å². The summed E-state index contributed by atoms with van der Waals surface area (Å²) >= 11 is 0. The molecule has 1 aromatic heterocycles. The maximum Gasteiger partial charge on any atom is 0.420 e. The third-order valence-corrected chi connectivity index (χ3v) is 6.51. The van der Waals surface area contributed by atoms with Crippen LogP contribution in [0.3, 0.4) is 0 Å². The van der Waals surface area contributed by atoms with Crippen molar-refractivity contribution >= 4 is 27.3 Å². The fourth-order valence-electron chi connectivity index (χ4n) is 3.17. The first-order valence-corrected chi connectivity index (χ1v) is 11.3. The van der Waals surface area contributed by atoms with Crippen molar-refractivity contribution in [2.45, 2.75) is 17.2 Å². The highest BCUT2D eigenvalue weighted by Crippen LogP contribution is 2.46. The van der Waals surface area contributed by atoms with Gasteiger partial charge in [0.1, 0.15) is 12.1 Å². The quantitative estimate of drug-likeness (QED) is 0.434. The van der Waals surface area contributed by atoms with Crippen LogP contribution < -0.4 is 14.4 Å². The number of ether oxygens (including phenoxy) is 1. The molecule has 1 N–H and O–H groups in total. The Hall–Kier alpha value is -3.81. The number of amides is 1. The van der Waals surface area contributed by atoms with Gasteiger partial charge in [0.15, 0.2) is 5.75 Å². The SMILES string of the molecule is COc1c(N(CC(=O)Nc2cccnc2)S(=O)(=O)c2ccccc2)cc(C(F)(F)F)cc1C(F)(F)F. The maximum absolute atomic E-state index is 13.7. The van der Waals surface area contributed by atoms with E-state index < -0.39 is 62.3 Å². The predicted molar refractivity (Wildman–Crippen MR) is 117 cm³/mol. The van der Waals surface area contributed by atoms with Gasteiger partial charge >= 0.3 is 12.4 Å². The van der Waals surface area contributed by atoms with Crippen LogP contribution in [0.2, 0.25) is 0 Å². The smallest absolute Gasteiger partial charge is 0.420 e. The van der Waals surface area contributed by atoms with Gasteiger partial charge in [0, 0.05) is 6.20 Å². The van der Waals surface area contributed by atoms with E-state index >= 15 is 0 Å². The average Bonchev–Trinajstić information content (AvgIpc) is 2.81. The van der Waals surface area contributed by atoms with E-state index in [1.807, 2.05) is 0 Å². The number of benzene rings is 2. The van der Waals surface area contributed by atoms with Crippen molar-refractivity contribution in [3.63, 3.8) is 0 Å². The monoisotopic (exact) mass is 533 g/mol. The summed E-state index contributed by atoms with van der Waals surface area (Å²) in [6.45, 7) is -1.18. The van der Waals surface area contributed by atoms with Crippen LogP contribution >= 0.6 is 0 Å². The highest BCUT2D eigenvalue weighted by Gasteiger charge is 2.42. The van der Waals surface area contributed by atoms with Crippen LogP contribution in [0.15, 0.2) is 71.9 Å². The topological polar surface area (TPSA) is 88.6 Å². The lowest BCUT2D eigenvalue weighted by Crippen LogP contribution is -2.38. The first-order valence-electron chi connectivity index (χ1n) is 9.89. The van der Waals surface area contributed by atoms with Gasteiger partial charge in [0.2, 0.25) is 5.91 Å². The molecule has 0 radical (unpaired) electrons. The molecule has 0 aliphatic heterocycles. The summed E-state index contributed by atoms with van der Waals surface area (Å²) in [7, 11) is -4.12. The Morgan fingerprint density at radius 3 is 2.19 bits per heavy atom. The highest BCUT2D eigenvalue weighted by atomic mass is 32.2. The number of carbonyl (C=O) groups excluding carboxylic acids is 1. The molecule has 1 amide bonds. The van der Waals surface area contributed by atoms with Crippen molar-refractivity contribution in [3.8, 4) is 5.75 Å². The van der Waals surface area contributed by atoms with Crippen LogP contribution in [0, 0.1) is 0 Å². The number of hydrogen-bond donors (Lipinski definition) is 1. The zero-order valence-electron chi connectivity index (χ0n) is 18.3. The standard InChI is InChI=1S/C22H17F6N3O4S/c1-35-20-17(22(26,27)28)10-14(21(23,24)25)11-18(20)31(36(33,34)16-7-3-2-4-8-16)13-19(32)30-15-6-5-9-29-12-15/h2-12H,13H2,1H3,(H,30,32). The largest absolute Gasteiger partial charge is 0.494 e. The van der Waals surface area contributed by atoms with Gasteiger partial charge in [-0.2, -0.15) is 26.3 Å². The summed E-state index contributed by atoms with van der Waals surface area (Å²) in [4.78, 5) is 16.0. The fourth-order valence-corrected chi connectivity index (χ4v) is 4.61. The number of carbonyl (C=O) groups is 1. The van der Waals surface area contributed by atoms with E-state index in [0.29, 0.717) is 0 Å². The third kappa shape index (κ3) is 5.87. The molecule has 1 heterocycles. The van der Waals surface area contributed by atoms with E-state index in [1.54, 1.807) is 0 Å². The van der Waals surface area contributed by atoms with Crippen molar-refractivity contribution in [2.24, 2.45) is 0 Å². The first kappa shape index (κ1) is 26.8. The number of nitrogens with zero attached hydrogens (tertiary/aromatic N) is 2. The third-order valence-electron chi connectivity index (χ3n) is 4.74. The summed E-state index contributed by atoms with van der Waals surface area (Å²) in [6.07, 6.45) is -8.03. The van der Waals surface area contributed by atoms with Gasteiger partial charge in [0.05, 0.1) is 35.1 Å². The van der Waals surface area contributed by atoms with Crippen molar-refractivity contribution in [3.05, 3.63) is 78.1 Å². The van der Waals surface area contributed by atoms with Crippen LogP contribution in [-0.2, 0) is 27.2 Å². The number of aromatic nitrogens is 1. The Bertz CT molecular complexity index is 1330. The van der Waals surface area contributed by atoms with Crippen molar-refractivity contribution in [2.75, 3.05) is 23.3 Å². The Morgan fingerprint density at radius 2 is 1.67 bits per heavy atom. The number of pyridine rings is 1. The zero-order chi connectivity index (χ0) is 26.7. The number of anilines is 2. The number of methoxy groups -OCH3 is 1. The molecule has 7 nitrogen and oxygen atoms in total. The minimum absolute atomic E-state index is 0.117. The second kappa shape index (κ2) is 10.0. The second-order valence-corrected chi connectivity index (χ2v) is 9.05. The highest BCUT2D eigenvalue weighted by molar-refractivity contribution is 7.92. The molecule has 0 aliphatic rings. The average molecular weight is 533 g/mol. The van der Waals surface area contributed by atoms with E-state index in [4.69, 9.17) is 4.74 Å². The second-order valence-electron chi connectivity index (χ2n) is 7.19. The number of sulfonamides is 1. The van der Waals surface area contributed by atoms with Crippen LogP contribution in [0.5, 0.6) is 5.75 Å². The summed E-state index contributed by atoms with van der Waals surface area (Å²) in [5, 5.41) is 2.30. The van der Waals surface area contributed by atoms with Gasteiger partial charge in [-0.1, -0.05) is 18.2 Å². The Kier molecular flexibility index (Phi) is 7.48. The molecular weight excluding hydrogens is 516 g/mol. The molecule has 0 atom stereocenters. The lowest BCUT2D eigenvalue weighted by Gasteiger charge is -2.28. The van der Waals surface area contributed by atoms with Gasteiger partial charge in [-0.15, -0.1) is 0 Å². The predicted octanol–water partition coefficient (Wildman–Crippen LogP) is 4.96. The van der Waals surface area contributed by atoms with E-state index in [1.165, 1.54) is 42.7 Å². The Labute approximate surface area is 201 Å². The number of alkyl halides is 6. The van der Waals surface area contributed by atoms with Gasteiger partial charge in [-0.05, 0) is 36.4 Å². The molecule has 0 fully saturated rings. The molecule has 0 saturated carbocycles. The molecular formula is C22H17F6N3O4S. The van der Waals surface area contributed by atoms with E-state index in [-0.39, 0.29) is 22.1 Å². The molecule has 192 valence electrons. The van der Waals surface area contributed by atoms with Crippen LogP contribution in [0.4, 0.5) is 37.7 Å². The number of halogens is 6. The minimum atomic E-state index is -5.35. The molecule has 0 unspecified atom stereocenters. The molecule has 0 bridgehead atoms. The first-order chi connectivity index (χ1) is 16.7. The molecule has 36 heavy (non-hydrogen) atoms. The van der Waals surface area contributed by atoms with Crippen LogP contribution in [0.25, 0.3) is 0 Å². The molecule has 14 heteroatoms. The number of nitrogens with one attached hydrogen (secondary N) is 1. The van der Waals surface area contributed by atoms with Gasteiger partial charge < -0.3 is 10.1 Å². The zero-order valence-corrected chi connectivity index (χ0v) is 19.1. The van der Waals surface area contributed by atoms with Crippen LogP contribution in [0.1, 0.15) is 11.1 Å². The fraction of sp³-hybridized carbons (Fsp3) is 0.182. The molecule has 0 spiro atoms. The van der Waals surface area contributed by atoms with Crippen molar-refractivity contribution in [1.82, 2.24) is 4.98 Å². The van der Waals surface area contributed by atoms with Crippen molar-refractivity contribution < 1.29 is 44.3 Å². The normalized spacial score (nSPS) is 12.2. The summed E-state index contributed by atoms with van der Waals surface area (Å²) < 4.78 is 114. The minimum Gasteiger partial charge on any atom is -0.494 e. The van der Waals surface area contributed by atoms with Gasteiger partial charge in [-0.25, -0.2) is 8.42 Å². The van der Waals surface area contributed by atoms with Crippen LogP contribution in [-0.4, -0.2) is 33.0 Å². The molecule has 3 aromatic rings. The van der Waals surface area contributed by atoms with Gasteiger partial charge in [0.25, 0.3) is 10.0 Å². The Balaban J connectivity index is 2.25. The lowest BCUT2D eigenvalue weighted by molar-refractivity contribution is -0.143. The van der Waals surface area contributed by atoms with Crippen molar-refractivity contribution in [1.29, 1.82) is 0 Å². The summed E-state index contributed by atoms with van der Waals surface area (Å²) in [5.74, 6) is -2.26. The number of hydrogen-bond acceptors (Lipinski definition) is 5. The number of rotatable bonds is 7. The maximum atomic E-state index is 13.7. The molecule has 0 saturated heterocycles. The Morgan fingerprint density at radius 1 is 1.00 bits per heavy atom.